The molecule has 0 saturated heterocycles. The lowest BCUT2D eigenvalue weighted by Gasteiger charge is -2.20. The van der Waals surface area contributed by atoms with E-state index < -0.39 is 10.0 Å². The van der Waals surface area contributed by atoms with E-state index in [4.69, 9.17) is 4.74 Å². The van der Waals surface area contributed by atoms with Crippen LogP contribution >= 0.6 is 0 Å². The zero-order chi connectivity index (χ0) is 19.4. The summed E-state index contributed by atoms with van der Waals surface area (Å²) in [5.41, 5.74) is 0.783. The first-order chi connectivity index (χ1) is 12.1. The van der Waals surface area contributed by atoms with Crippen molar-refractivity contribution in [2.24, 2.45) is 0 Å². The van der Waals surface area contributed by atoms with Gasteiger partial charge in [0.1, 0.15) is 5.75 Å². The Morgan fingerprint density at radius 3 is 2.31 bits per heavy atom. The van der Waals surface area contributed by atoms with Crippen molar-refractivity contribution in [3.8, 4) is 5.75 Å². The van der Waals surface area contributed by atoms with Crippen LogP contribution in [0.3, 0.4) is 0 Å². The van der Waals surface area contributed by atoms with E-state index in [0.717, 1.165) is 0 Å². The summed E-state index contributed by atoms with van der Waals surface area (Å²) in [4.78, 5) is 12.0. The molecule has 2 aromatic rings. The van der Waals surface area contributed by atoms with E-state index in [1.54, 1.807) is 37.3 Å². The molecule has 140 valence electrons. The molecule has 0 heterocycles. The van der Waals surface area contributed by atoms with Crippen LogP contribution in [0.5, 0.6) is 5.75 Å². The van der Waals surface area contributed by atoms with Crippen molar-refractivity contribution in [1.82, 2.24) is 5.32 Å². The maximum Gasteiger partial charge on any atom is 0.261 e. The van der Waals surface area contributed by atoms with Crippen LogP contribution in [-0.4, -0.2) is 26.5 Å². The van der Waals surface area contributed by atoms with Gasteiger partial charge in [-0.25, -0.2) is 8.42 Å². The number of sulfonamides is 1. The fraction of sp³-hybridized carbons (Fsp3) is 0.316. The Hall–Kier alpha value is -2.54. The van der Waals surface area contributed by atoms with Crippen molar-refractivity contribution in [2.45, 2.75) is 38.1 Å². The predicted octanol–water partition coefficient (Wildman–Crippen LogP) is 3.09. The average Bonchev–Trinajstić information content (AvgIpc) is 2.52. The number of benzene rings is 2. The normalized spacial score (nSPS) is 11.7. The van der Waals surface area contributed by atoms with Gasteiger partial charge in [0.05, 0.1) is 4.90 Å². The Labute approximate surface area is 154 Å². The summed E-state index contributed by atoms with van der Waals surface area (Å²) in [7, 11) is -3.69. The lowest BCUT2D eigenvalue weighted by atomic mass is 10.1. The van der Waals surface area contributed by atoms with Gasteiger partial charge in [-0.2, -0.15) is 0 Å². The number of ether oxygens (including phenoxy) is 1. The fourth-order valence-electron chi connectivity index (χ4n) is 2.27. The molecule has 0 atom stereocenters. The van der Waals surface area contributed by atoms with Crippen molar-refractivity contribution in [2.75, 3.05) is 11.3 Å². The van der Waals surface area contributed by atoms with Crippen LogP contribution in [0.25, 0.3) is 0 Å². The first kappa shape index (κ1) is 19.8. The maximum atomic E-state index is 12.5. The van der Waals surface area contributed by atoms with E-state index in [1.165, 1.54) is 12.1 Å². The standard InChI is InChI=1S/C19H24N2O4S/c1-14-12-16(26(23,24)21-15-8-6-5-7-9-15)10-11-17(14)25-13-18(22)20-19(2,3)4/h5-12,21H,13H2,1-4H3,(H,20,22). The van der Waals surface area contributed by atoms with Crippen molar-refractivity contribution < 1.29 is 17.9 Å². The molecule has 0 fully saturated rings. The van der Waals surface area contributed by atoms with Gasteiger partial charge < -0.3 is 10.1 Å². The molecule has 0 bridgehead atoms. The molecule has 26 heavy (non-hydrogen) atoms. The second-order valence-electron chi connectivity index (χ2n) is 6.99. The quantitative estimate of drug-likeness (QED) is 0.811. The number of anilines is 1. The van der Waals surface area contributed by atoms with Crippen LogP contribution in [0, 0.1) is 6.92 Å². The average molecular weight is 376 g/mol. The largest absolute Gasteiger partial charge is 0.484 e. The second kappa shape index (κ2) is 7.78. The van der Waals surface area contributed by atoms with E-state index >= 15 is 0 Å². The smallest absolute Gasteiger partial charge is 0.261 e. The van der Waals surface area contributed by atoms with Crippen molar-refractivity contribution in [1.29, 1.82) is 0 Å². The molecule has 2 N–H and O–H groups in total. The van der Waals surface area contributed by atoms with Crippen molar-refractivity contribution in [3.63, 3.8) is 0 Å². The highest BCUT2D eigenvalue weighted by Crippen LogP contribution is 2.23. The van der Waals surface area contributed by atoms with E-state index in [-0.39, 0.29) is 22.9 Å². The van der Waals surface area contributed by atoms with E-state index in [2.05, 4.69) is 10.0 Å². The Kier molecular flexibility index (Phi) is 5.92. The first-order valence-corrected chi connectivity index (χ1v) is 9.67. The van der Waals surface area contributed by atoms with E-state index in [9.17, 15) is 13.2 Å². The van der Waals surface area contributed by atoms with Gasteiger partial charge in [-0.1, -0.05) is 18.2 Å². The Balaban J connectivity index is 2.08. The topological polar surface area (TPSA) is 84.5 Å². The van der Waals surface area contributed by atoms with Gasteiger partial charge in [0.2, 0.25) is 0 Å². The second-order valence-corrected chi connectivity index (χ2v) is 8.67. The van der Waals surface area contributed by atoms with Crippen LogP contribution in [0.4, 0.5) is 5.69 Å². The summed E-state index contributed by atoms with van der Waals surface area (Å²) in [6.45, 7) is 7.26. The van der Waals surface area contributed by atoms with Crippen LogP contribution in [0.2, 0.25) is 0 Å². The minimum absolute atomic E-state index is 0.130. The minimum Gasteiger partial charge on any atom is -0.484 e. The fourth-order valence-corrected chi connectivity index (χ4v) is 3.41. The highest BCUT2D eigenvalue weighted by molar-refractivity contribution is 7.92. The van der Waals surface area contributed by atoms with Crippen LogP contribution < -0.4 is 14.8 Å². The summed E-state index contributed by atoms with van der Waals surface area (Å²) in [5, 5.41) is 2.80. The molecule has 0 aromatic heterocycles. The number of aryl methyl sites for hydroxylation is 1. The van der Waals surface area contributed by atoms with Crippen LogP contribution in [-0.2, 0) is 14.8 Å². The Morgan fingerprint density at radius 1 is 1.08 bits per heavy atom. The molecule has 7 heteroatoms. The van der Waals surface area contributed by atoms with Gasteiger partial charge >= 0.3 is 0 Å². The van der Waals surface area contributed by atoms with Gasteiger partial charge in [-0.15, -0.1) is 0 Å². The van der Waals surface area contributed by atoms with Gasteiger partial charge in [-0.3, -0.25) is 9.52 Å². The molecule has 0 saturated carbocycles. The molecule has 6 nitrogen and oxygen atoms in total. The van der Waals surface area contributed by atoms with Crippen LogP contribution in [0.1, 0.15) is 26.3 Å². The number of para-hydroxylation sites is 1. The number of hydrogen-bond acceptors (Lipinski definition) is 4. The Morgan fingerprint density at radius 2 is 1.73 bits per heavy atom. The molecule has 2 rings (SSSR count). The third-order valence-electron chi connectivity index (χ3n) is 3.36. The molecular weight excluding hydrogens is 352 g/mol. The SMILES string of the molecule is Cc1cc(S(=O)(=O)Nc2ccccc2)ccc1OCC(=O)NC(C)(C)C. The monoisotopic (exact) mass is 376 g/mol. The number of hydrogen-bond donors (Lipinski definition) is 2. The third kappa shape index (κ3) is 5.77. The van der Waals surface area contributed by atoms with Crippen molar-refractivity contribution in [3.05, 3.63) is 54.1 Å². The number of carbonyl (C=O) groups is 1. The number of carbonyl (C=O) groups excluding carboxylic acids is 1. The molecule has 0 radical (unpaired) electrons. The zero-order valence-electron chi connectivity index (χ0n) is 15.4. The van der Waals surface area contributed by atoms with Gasteiger partial charge in [0.25, 0.3) is 15.9 Å². The van der Waals surface area contributed by atoms with E-state index in [0.29, 0.717) is 17.0 Å². The van der Waals surface area contributed by atoms with Gasteiger partial charge in [0, 0.05) is 11.2 Å². The zero-order valence-corrected chi connectivity index (χ0v) is 16.2. The van der Waals surface area contributed by atoms with Crippen LogP contribution in [0.15, 0.2) is 53.4 Å². The lowest BCUT2D eigenvalue weighted by Crippen LogP contribution is -2.43. The predicted molar refractivity (Wildman–Crippen MR) is 102 cm³/mol. The summed E-state index contributed by atoms with van der Waals surface area (Å²) >= 11 is 0. The number of nitrogens with one attached hydrogen (secondary N) is 2. The van der Waals surface area contributed by atoms with Gasteiger partial charge in [0.15, 0.2) is 6.61 Å². The highest BCUT2D eigenvalue weighted by Gasteiger charge is 2.17. The summed E-state index contributed by atoms with van der Waals surface area (Å²) in [6.07, 6.45) is 0. The number of amides is 1. The first-order valence-electron chi connectivity index (χ1n) is 8.19. The molecule has 2 aromatic carbocycles. The third-order valence-corrected chi connectivity index (χ3v) is 4.73. The molecule has 0 unspecified atom stereocenters. The van der Waals surface area contributed by atoms with E-state index in [1.807, 2.05) is 26.8 Å². The Bertz CT molecular complexity index is 872. The summed E-state index contributed by atoms with van der Waals surface area (Å²) in [6, 6.07) is 13.2. The molecule has 1 amide bonds. The minimum atomic E-state index is -3.69. The highest BCUT2D eigenvalue weighted by atomic mass is 32.2. The number of rotatable bonds is 6. The summed E-state index contributed by atoms with van der Waals surface area (Å²) in [5.74, 6) is 0.229. The summed E-state index contributed by atoms with van der Waals surface area (Å²) < 4.78 is 33.0. The van der Waals surface area contributed by atoms with Gasteiger partial charge in [-0.05, 0) is 63.6 Å². The molecule has 0 aliphatic rings. The molecular formula is C19H24N2O4S. The molecule has 0 spiro atoms. The molecule has 0 aliphatic carbocycles. The lowest BCUT2D eigenvalue weighted by molar-refractivity contribution is -0.124. The van der Waals surface area contributed by atoms with Crippen molar-refractivity contribution >= 4 is 21.6 Å². The maximum absolute atomic E-state index is 12.5. The molecule has 0 aliphatic heterocycles.